The van der Waals surface area contributed by atoms with Crippen LogP contribution in [-0.2, 0) is 4.79 Å². The minimum absolute atomic E-state index is 0.114. The normalized spacial score (nSPS) is 28.8. The van der Waals surface area contributed by atoms with Crippen molar-refractivity contribution in [3.63, 3.8) is 0 Å². The minimum atomic E-state index is -0.796. The van der Waals surface area contributed by atoms with Gasteiger partial charge in [-0.1, -0.05) is 6.42 Å². The van der Waals surface area contributed by atoms with Gasteiger partial charge in [0.05, 0.1) is 5.92 Å². The summed E-state index contributed by atoms with van der Waals surface area (Å²) in [7, 11) is 0. The molecular formula is C12H21N3O3. The Kier molecular flexibility index (Phi) is 4.41. The maximum absolute atomic E-state index is 12.1. The van der Waals surface area contributed by atoms with Crippen LogP contribution in [-0.4, -0.2) is 54.2 Å². The topological polar surface area (TPSA) is 81.7 Å². The van der Waals surface area contributed by atoms with Gasteiger partial charge in [-0.25, -0.2) is 4.79 Å². The zero-order chi connectivity index (χ0) is 13.0. The van der Waals surface area contributed by atoms with Crippen LogP contribution in [0.1, 0.15) is 25.7 Å². The molecule has 2 aliphatic rings. The van der Waals surface area contributed by atoms with Gasteiger partial charge >= 0.3 is 12.0 Å². The first-order valence-corrected chi connectivity index (χ1v) is 6.67. The monoisotopic (exact) mass is 255 g/mol. The fraction of sp³-hybridized carbons (Fsp3) is 0.833. The lowest BCUT2D eigenvalue weighted by Gasteiger charge is -2.25. The summed E-state index contributed by atoms with van der Waals surface area (Å²) in [5, 5.41) is 15.2. The average Bonchev–Trinajstić information content (AvgIpc) is 2.63. The quantitative estimate of drug-likeness (QED) is 0.660. The molecule has 1 aliphatic carbocycles. The van der Waals surface area contributed by atoms with Gasteiger partial charge in [-0.2, -0.15) is 0 Å². The highest BCUT2D eigenvalue weighted by Gasteiger charge is 2.34. The predicted octanol–water partition coefficient (Wildman–Crippen LogP) is 0.245. The maximum Gasteiger partial charge on any atom is 0.317 e. The van der Waals surface area contributed by atoms with Gasteiger partial charge in [-0.3, -0.25) is 4.79 Å². The number of nitrogens with zero attached hydrogens (tertiary/aromatic N) is 1. The number of carbonyl (C=O) groups excluding carboxylic acids is 1. The van der Waals surface area contributed by atoms with Crippen LogP contribution in [0.15, 0.2) is 0 Å². The van der Waals surface area contributed by atoms with Crippen LogP contribution in [0.3, 0.4) is 0 Å². The average molecular weight is 255 g/mol. The van der Waals surface area contributed by atoms with E-state index in [1.165, 1.54) is 0 Å². The fourth-order valence-electron chi connectivity index (χ4n) is 2.73. The first-order valence-electron chi connectivity index (χ1n) is 6.67. The van der Waals surface area contributed by atoms with E-state index in [-0.39, 0.29) is 12.1 Å². The van der Waals surface area contributed by atoms with Gasteiger partial charge < -0.3 is 20.6 Å². The molecule has 0 aromatic carbocycles. The van der Waals surface area contributed by atoms with Crippen molar-refractivity contribution in [3.05, 3.63) is 0 Å². The van der Waals surface area contributed by atoms with Crippen molar-refractivity contribution in [1.82, 2.24) is 15.5 Å². The van der Waals surface area contributed by atoms with Gasteiger partial charge in [0.15, 0.2) is 0 Å². The minimum Gasteiger partial charge on any atom is -0.481 e. The Morgan fingerprint density at radius 3 is 2.78 bits per heavy atom. The highest BCUT2D eigenvalue weighted by molar-refractivity contribution is 5.77. The van der Waals surface area contributed by atoms with Gasteiger partial charge in [0, 0.05) is 25.7 Å². The van der Waals surface area contributed by atoms with E-state index in [1.807, 2.05) is 0 Å². The Labute approximate surface area is 107 Å². The molecular weight excluding hydrogens is 234 g/mol. The van der Waals surface area contributed by atoms with Gasteiger partial charge in [0.2, 0.25) is 0 Å². The summed E-state index contributed by atoms with van der Waals surface area (Å²) in [5.74, 6) is -1.21. The number of urea groups is 1. The summed E-state index contributed by atoms with van der Waals surface area (Å²) < 4.78 is 0. The Morgan fingerprint density at radius 1 is 1.17 bits per heavy atom. The van der Waals surface area contributed by atoms with Crippen molar-refractivity contribution in [2.75, 3.05) is 26.2 Å². The summed E-state index contributed by atoms with van der Waals surface area (Å²) in [6.07, 6.45) is 3.26. The molecule has 0 spiro atoms. The lowest BCUT2D eigenvalue weighted by molar-refractivity contribution is -0.142. The third-order valence-electron chi connectivity index (χ3n) is 3.77. The second-order valence-electron chi connectivity index (χ2n) is 5.02. The molecule has 6 nitrogen and oxygen atoms in total. The van der Waals surface area contributed by atoms with Gasteiger partial charge in [-0.05, 0) is 25.8 Å². The van der Waals surface area contributed by atoms with E-state index in [9.17, 15) is 9.59 Å². The van der Waals surface area contributed by atoms with Crippen molar-refractivity contribution in [1.29, 1.82) is 0 Å². The van der Waals surface area contributed by atoms with E-state index in [4.69, 9.17) is 5.11 Å². The molecule has 1 saturated carbocycles. The molecule has 1 aliphatic heterocycles. The second-order valence-corrected chi connectivity index (χ2v) is 5.02. The van der Waals surface area contributed by atoms with Crippen molar-refractivity contribution in [3.8, 4) is 0 Å². The summed E-state index contributed by atoms with van der Waals surface area (Å²) >= 11 is 0. The van der Waals surface area contributed by atoms with Crippen molar-refractivity contribution in [2.24, 2.45) is 5.92 Å². The highest BCUT2D eigenvalue weighted by atomic mass is 16.4. The van der Waals surface area contributed by atoms with E-state index in [1.54, 1.807) is 4.90 Å². The molecule has 0 aromatic heterocycles. The lowest BCUT2D eigenvalue weighted by Crippen LogP contribution is -2.48. The Hall–Kier alpha value is -1.30. The summed E-state index contributed by atoms with van der Waals surface area (Å²) in [6.45, 7) is 3.17. The molecule has 3 N–H and O–H groups in total. The number of hydrogen-bond acceptors (Lipinski definition) is 3. The van der Waals surface area contributed by atoms with Crippen molar-refractivity contribution in [2.45, 2.75) is 31.7 Å². The molecule has 2 fully saturated rings. The summed E-state index contributed by atoms with van der Waals surface area (Å²) in [4.78, 5) is 24.9. The Balaban J connectivity index is 1.87. The van der Waals surface area contributed by atoms with Crippen LogP contribution >= 0.6 is 0 Å². The third-order valence-corrected chi connectivity index (χ3v) is 3.77. The molecule has 2 rings (SSSR count). The number of carboxylic acid groups (broad SMARTS) is 1. The Morgan fingerprint density at radius 2 is 2.00 bits per heavy atom. The van der Waals surface area contributed by atoms with Crippen LogP contribution in [0.4, 0.5) is 4.79 Å². The predicted molar refractivity (Wildman–Crippen MR) is 66.4 cm³/mol. The van der Waals surface area contributed by atoms with E-state index in [0.717, 1.165) is 38.9 Å². The molecule has 18 heavy (non-hydrogen) atoms. The smallest absolute Gasteiger partial charge is 0.317 e. The number of amides is 2. The molecule has 1 heterocycles. The highest BCUT2D eigenvalue weighted by Crippen LogP contribution is 2.25. The van der Waals surface area contributed by atoms with Crippen LogP contribution in [0.25, 0.3) is 0 Å². The van der Waals surface area contributed by atoms with E-state index < -0.39 is 11.9 Å². The number of nitrogens with one attached hydrogen (secondary N) is 2. The van der Waals surface area contributed by atoms with Crippen LogP contribution in [0.2, 0.25) is 0 Å². The number of aliphatic carboxylic acids is 1. The fourth-order valence-corrected chi connectivity index (χ4v) is 2.73. The maximum atomic E-state index is 12.1. The second kappa shape index (κ2) is 6.04. The molecule has 0 radical (unpaired) electrons. The molecule has 2 atom stereocenters. The number of carboxylic acids is 1. The number of carbonyl (C=O) groups is 2. The van der Waals surface area contributed by atoms with Crippen molar-refractivity contribution < 1.29 is 14.7 Å². The lowest BCUT2D eigenvalue weighted by atomic mass is 10.0. The van der Waals surface area contributed by atoms with Gasteiger partial charge in [-0.15, -0.1) is 0 Å². The first-order chi connectivity index (χ1) is 8.68. The van der Waals surface area contributed by atoms with Crippen LogP contribution in [0.5, 0.6) is 0 Å². The standard InChI is InChI=1S/C12H21N3O3/c16-11(17)9-3-1-4-10(9)14-12(18)15-7-2-5-13-6-8-15/h9-10,13H,1-8H2,(H,14,18)(H,16,17). The van der Waals surface area contributed by atoms with Crippen LogP contribution < -0.4 is 10.6 Å². The first kappa shape index (κ1) is 13.1. The summed E-state index contributed by atoms with van der Waals surface area (Å²) in [5.41, 5.74) is 0. The molecule has 2 amide bonds. The van der Waals surface area contributed by atoms with E-state index in [0.29, 0.717) is 13.0 Å². The molecule has 0 bridgehead atoms. The number of rotatable bonds is 2. The molecule has 102 valence electrons. The van der Waals surface area contributed by atoms with Gasteiger partial charge in [0.25, 0.3) is 0 Å². The van der Waals surface area contributed by atoms with Crippen molar-refractivity contribution >= 4 is 12.0 Å². The Bertz CT molecular complexity index is 314. The van der Waals surface area contributed by atoms with E-state index >= 15 is 0 Å². The summed E-state index contributed by atoms with van der Waals surface area (Å²) in [6, 6.07) is -0.317. The zero-order valence-electron chi connectivity index (χ0n) is 10.5. The molecule has 6 heteroatoms. The SMILES string of the molecule is O=C(O)C1CCCC1NC(=O)N1CCCNCC1. The van der Waals surface area contributed by atoms with E-state index in [2.05, 4.69) is 10.6 Å². The number of hydrogen-bond donors (Lipinski definition) is 3. The van der Waals surface area contributed by atoms with Gasteiger partial charge in [0.1, 0.15) is 0 Å². The zero-order valence-corrected chi connectivity index (χ0v) is 10.5. The molecule has 2 unspecified atom stereocenters. The molecule has 0 aromatic rings. The molecule has 1 saturated heterocycles. The van der Waals surface area contributed by atoms with Crippen LogP contribution in [0, 0.1) is 5.92 Å². The largest absolute Gasteiger partial charge is 0.481 e. The third kappa shape index (κ3) is 3.13.